The van der Waals surface area contributed by atoms with Crippen LogP contribution in [-0.2, 0) is 16.0 Å². The van der Waals surface area contributed by atoms with E-state index >= 15 is 0 Å². The number of nitrogens with one attached hydrogen (secondary N) is 1. The molecule has 0 aliphatic heterocycles. The second-order valence-corrected chi connectivity index (χ2v) is 4.98. The third kappa shape index (κ3) is 3.29. The maximum absolute atomic E-state index is 12.1. The maximum Gasteiger partial charge on any atom is 0.224 e. The van der Waals surface area contributed by atoms with Crippen LogP contribution < -0.4 is 15.8 Å². The molecule has 0 saturated heterocycles. The molecule has 1 aromatic rings. The van der Waals surface area contributed by atoms with Gasteiger partial charge in [-0.25, -0.2) is 0 Å². The lowest BCUT2D eigenvalue weighted by Gasteiger charge is -2.42. The van der Waals surface area contributed by atoms with Crippen LogP contribution in [0.1, 0.15) is 18.9 Å². The van der Waals surface area contributed by atoms with Crippen LogP contribution in [0.5, 0.6) is 5.75 Å². The number of methoxy groups -OCH3 is 1. The van der Waals surface area contributed by atoms with Crippen LogP contribution in [0.2, 0.25) is 0 Å². The third-order valence-electron chi connectivity index (χ3n) is 3.62. The zero-order valence-corrected chi connectivity index (χ0v) is 12.0. The summed E-state index contributed by atoms with van der Waals surface area (Å²) in [4.78, 5) is 12.1. The monoisotopic (exact) mass is 278 g/mol. The highest BCUT2D eigenvalue weighted by Gasteiger charge is 2.40. The molecule has 1 amide bonds. The SMILES string of the molecule is CCOC1CC(N)C1NC(=O)Cc1ccccc1OC. The zero-order valence-electron chi connectivity index (χ0n) is 12.0. The van der Waals surface area contributed by atoms with E-state index < -0.39 is 0 Å². The lowest BCUT2D eigenvalue weighted by molar-refractivity contribution is -0.125. The molecule has 0 aromatic heterocycles. The minimum Gasteiger partial charge on any atom is -0.496 e. The van der Waals surface area contributed by atoms with Crippen LogP contribution in [0.3, 0.4) is 0 Å². The Labute approximate surface area is 119 Å². The summed E-state index contributed by atoms with van der Waals surface area (Å²) >= 11 is 0. The number of hydrogen-bond donors (Lipinski definition) is 2. The van der Waals surface area contributed by atoms with Gasteiger partial charge in [0.25, 0.3) is 0 Å². The van der Waals surface area contributed by atoms with Gasteiger partial charge in [0, 0.05) is 18.2 Å². The van der Waals surface area contributed by atoms with Crippen molar-refractivity contribution in [3.63, 3.8) is 0 Å². The largest absolute Gasteiger partial charge is 0.496 e. The average Bonchev–Trinajstić information content (AvgIpc) is 2.45. The highest BCUT2D eigenvalue weighted by atomic mass is 16.5. The molecular weight excluding hydrogens is 256 g/mol. The van der Waals surface area contributed by atoms with Gasteiger partial charge in [0.2, 0.25) is 5.91 Å². The van der Waals surface area contributed by atoms with Gasteiger partial charge >= 0.3 is 0 Å². The van der Waals surface area contributed by atoms with Crippen molar-refractivity contribution in [2.45, 2.75) is 38.0 Å². The van der Waals surface area contributed by atoms with Crippen LogP contribution in [0.15, 0.2) is 24.3 Å². The molecule has 0 radical (unpaired) electrons. The number of rotatable bonds is 6. The Bertz CT molecular complexity index is 462. The minimum atomic E-state index is -0.0860. The normalized spacial score (nSPS) is 24.9. The van der Waals surface area contributed by atoms with E-state index in [-0.39, 0.29) is 30.5 Å². The summed E-state index contributed by atoms with van der Waals surface area (Å²) in [5, 5.41) is 2.96. The summed E-state index contributed by atoms with van der Waals surface area (Å²) in [7, 11) is 1.60. The van der Waals surface area contributed by atoms with Crippen molar-refractivity contribution in [2.75, 3.05) is 13.7 Å². The van der Waals surface area contributed by atoms with E-state index in [4.69, 9.17) is 15.2 Å². The number of amides is 1. The fraction of sp³-hybridized carbons (Fsp3) is 0.533. The van der Waals surface area contributed by atoms with Crippen molar-refractivity contribution in [1.82, 2.24) is 5.32 Å². The van der Waals surface area contributed by atoms with E-state index in [9.17, 15) is 4.79 Å². The molecule has 2 rings (SSSR count). The van der Waals surface area contributed by atoms with Gasteiger partial charge < -0.3 is 20.5 Å². The molecule has 110 valence electrons. The fourth-order valence-corrected chi connectivity index (χ4v) is 2.49. The molecule has 1 aliphatic rings. The second-order valence-electron chi connectivity index (χ2n) is 4.98. The third-order valence-corrected chi connectivity index (χ3v) is 3.62. The quantitative estimate of drug-likeness (QED) is 0.809. The highest BCUT2D eigenvalue weighted by Crippen LogP contribution is 2.23. The van der Waals surface area contributed by atoms with Gasteiger partial charge in [0.1, 0.15) is 5.75 Å². The van der Waals surface area contributed by atoms with Crippen LogP contribution in [-0.4, -0.2) is 37.8 Å². The predicted molar refractivity (Wildman–Crippen MR) is 76.6 cm³/mol. The molecular formula is C15H22N2O3. The lowest BCUT2D eigenvalue weighted by Crippen LogP contribution is -2.64. The molecule has 3 unspecified atom stereocenters. The summed E-state index contributed by atoms with van der Waals surface area (Å²) in [5.74, 6) is 0.668. The summed E-state index contributed by atoms with van der Waals surface area (Å²) < 4.78 is 10.8. The summed E-state index contributed by atoms with van der Waals surface area (Å²) in [5.41, 5.74) is 6.79. The Morgan fingerprint density at radius 1 is 1.45 bits per heavy atom. The van der Waals surface area contributed by atoms with Crippen molar-refractivity contribution in [3.05, 3.63) is 29.8 Å². The van der Waals surface area contributed by atoms with Gasteiger partial charge in [-0.3, -0.25) is 4.79 Å². The van der Waals surface area contributed by atoms with Gasteiger partial charge in [0.15, 0.2) is 0 Å². The number of carbonyl (C=O) groups is 1. The van der Waals surface area contributed by atoms with Crippen LogP contribution in [0.4, 0.5) is 0 Å². The minimum absolute atomic E-state index is 0.0202. The van der Waals surface area contributed by atoms with Crippen molar-refractivity contribution >= 4 is 5.91 Å². The Kier molecular flexibility index (Phi) is 4.98. The van der Waals surface area contributed by atoms with E-state index in [1.54, 1.807) is 7.11 Å². The zero-order chi connectivity index (χ0) is 14.5. The predicted octanol–water partition coefficient (Wildman–Crippen LogP) is 0.859. The smallest absolute Gasteiger partial charge is 0.224 e. The lowest BCUT2D eigenvalue weighted by atomic mass is 9.83. The van der Waals surface area contributed by atoms with Crippen molar-refractivity contribution in [3.8, 4) is 5.75 Å². The van der Waals surface area contributed by atoms with E-state index in [0.717, 1.165) is 17.7 Å². The summed E-state index contributed by atoms with van der Waals surface area (Å²) in [6.07, 6.45) is 1.12. The average molecular weight is 278 g/mol. The summed E-state index contributed by atoms with van der Waals surface area (Å²) in [6, 6.07) is 7.40. The van der Waals surface area contributed by atoms with E-state index in [0.29, 0.717) is 6.61 Å². The van der Waals surface area contributed by atoms with Gasteiger partial charge in [-0.1, -0.05) is 18.2 Å². The molecule has 1 fully saturated rings. The van der Waals surface area contributed by atoms with Crippen molar-refractivity contribution in [1.29, 1.82) is 0 Å². The first-order chi connectivity index (χ1) is 9.65. The van der Waals surface area contributed by atoms with E-state index in [1.165, 1.54) is 0 Å². The number of ether oxygens (including phenoxy) is 2. The second kappa shape index (κ2) is 6.72. The fourth-order valence-electron chi connectivity index (χ4n) is 2.49. The molecule has 3 N–H and O–H groups in total. The van der Waals surface area contributed by atoms with E-state index in [1.807, 2.05) is 31.2 Å². The van der Waals surface area contributed by atoms with Gasteiger partial charge in [0.05, 0.1) is 25.7 Å². The van der Waals surface area contributed by atoms with Crippen molar-refractivity contribution < 1.29 is 14.3 Å². The molecule has 1 aliphatic carbocycles. The van der Waals surface area contributed by atoms with Crippen molar-refractivity contribution in [2.24, 2.45) is 5.73 Å². The number of para-hydroxylation sites is 1. The first kappa shape index (κ1) is 14.8. The molecule has 3 atom stereocenters. The molecule has 1 saturated carbocycles. The van der Waals surface area contributed by atoms with Gasteiger partial charge in [-0.05, 0) is 19.4 Å². The van der Waals surface area contributed by atoms with Crippen LogP contribution in [0, 0.1) is 0 Å². The molecule has 1 aromatic carbocycles. The number of hydrogen-bond acceptors (Lipinski definition) is 4. The highest BCUT2D eigenvalue weighted by molar-refractivity contribution is 5.80. The summed E-state index contributed by atoms with van der Waals surface area (Å²) in [6.45, 7) is 2.58. The Hall–Kier alpha value is -1.59. The number of nitrogens with two attached hydrogens (primary N) is 1. The Morgan fingerprint density at radius 2 is 2.20 bits per heavy atom. The molecule has 20 heavy (non-hydrogen) atoms. The Morgan fingerprint density at radius 3 is 2.85 bits per heavy atom. The molecule has 5 heteroatoms. The number of benzene rings is 1. The van der Waals surface area contributed by atoms with Crippen LogP contribution >= 0.6 is 0 Å². The molecule has 0 heterocycles. The van der Waals surface area contributed by atoms with E-state index in [2.05, 4.69) is 5.32 Å². The van der Waals surface area contributed by atoms with Crippen LogP contribution in [0.25, 0.3) is 0 Å². The Balaban J connectivity index is 1.92. The van der Waals surface area contributed by atoms with Gasteiger partial charge in [-0.2, -0.15) is 0 Å². The first-order valence-corrected chi connectivity index (χ1v) is 6.94. The molecule has 5 nitrogen and oxygen atoms in total. The maximum atomic E-state index is 12.1. The first-order valence-electron chi connectivity index (χ1n) is 6.94. The topological polar surface area (TPSA) is 73.6 Å². The molecule has 0 spiro atoms. The van der Waals surface area contributed by atoms with Gasteiger partial charge in [-0.15, -0.1) is 0 Å². The number of carbonyl (C=O) groups excluding carboxylic acids is 1. The standard InChI is InChI=1S/C15H22N2O3/c1-3-20-13-9-11(16)15(13)17-14(18)8-10-6-4-5-7-12(10)19-2/h4-7,11,13,15H,3,8-9,16H2,1-2H3,(H,17,18). The molecule has 0 bridgehead atoms.